The van der Waals surface area contributed by atoms with Crippen molar-refractivity contribution in [3.05, 3.63) is 28.5 Å². The van der Waals surface area contributed by atoms with Gasteiger partial charge in [0.1, 0.15) is 5.82 Å². The minimum Gasteiger partial charge on any atom is -0.383 e. The summed E-state index contributed by atoms with van der Waals surface area (Å²) < 4.78 is 18.5. The number of nitrogens with one attached hydrogen (secondary N) is 1. The van der Waals surface area contributed by atoms with Crippen molar-refractivity contribution in [1.82, 2.24) is 0 Å². The lowest BCUT2D eigenvalue weighted by Crippen LogP contribution is -2.09. The average molecular weight is 262 g/mol. The second-order valence-corrected chi connectivity index (χ2v) is 3.61. The van der Waals surface area contributed by atoms with Gasteiger partial charge in [-0.25, -0.2) is 4.39 Å². The minimum atomic E-state index is -0.250. The van der Waals surface area contributed by atoms with E-state index in [4.69, 9.17) is 4.74 Å². The molecule has 0 spiro atoms. The van der Waals surface area contributed by atoms with Gasteiger partial charge in [0.05, 0.1) is 11.1 Å². The van der Waals surface area contributed by atoms with Gasteiger partial charge in [0, 0.05) is 18.8 Å². The molecule has 1 aromatic rings. The van der Waals surface area contributed by atoms with Crippen LogP contribution < -0.4 is 5.32 Å². The summed E-state index contributed by atoms with van der Waals surface area (Å²) in [5.74, 6) is -0.250. The van der Waals surface area contributed by atoms with Crippen LogP contribution in [0.5, 0.6) is 0 Å². The van der Waals surface area contributed by atoms with Gasteiger partial charge >= 0.3 is 0 Å². The molecule has 0 aliphatic heterocycles. The highest BCUT2D eigenvalue weighted by Gasteiger charge is 1.99. The van der Waals surface area contributed by atoms with Crippen LogP contribution in [0.1, 0.15) is 6.92 Å². The normalized spacial score (nSPS) is 10.2. The Morgan fingerprint density at radius 2 is 2.29 bits per heavy atom. The van der Waals surface area contributed by atoms with Crippen LogP contribution in [0.2, 0.25) is 0 Å². The first-order chi connectivity index (χ1) is 6.74. The molecule has 0 aliphatic carbocycles. The van der Waals surface area contributed by atoms with Gasteiger partial charge in [-0.2, -0.15) is 0 Å². The van der Waals surface area contributed by atoms with Gasteiger partial charge in [0.25, 0.3) is 0 Å². The predicted octanol–water partition coefficient (Wildman–Crippen LogP) is 3.04. The number of anilines is 1. The Kier molecular flexibility index (Phi) is 4.90. The molecule has 1 N–H and O–H groups in total. The molecule has 0 aromatic heterocycles. The fourth-order valence-corrected chi connectivity index (χ4v) is 1.40. The maximum absolute atomic E-state index is 12.8. The highest BCUT2D eigenvalue weighted by Crippen LogP contribution is 2.19. The molecule has 0 amide bonds. The summed E-state index contributed by atoms with van der Waals surface area (Å²) in [5, 5.41) is 3.13. The Labute approximate surface area is 91.6 Å². The van der Waals surface area contributed by atoms with E-state index < -0.39 is 0 Å². The number of rotatable bonds is 5. The summed E-state index contributed by atoms with van der Waals surface area (Å²) >= 11 is 3.12. The molecule has 0 fully saturated rings. The van der Waals surface area contributed by atoms with Crippen LogP contribution in [0, 0.1) is 5.82 Å². The molecule has 1 aromatic carbocycles. The maximum atomic E-state index is 12.8. The topological polar surface area (TPSA) is 21.3 Å². The van der Waals surface area contributed by atoms with Crippen molar-refractivity contribution < 1.29 is 9.13 Å². The van der Waals surface area contributed by atoms with E-state index in [-0.39, 0.29) is 5.82 Å². The number of benzene rings is 1. The van der Waals surface area contributed by atoms with Gasteiger partial charge in [0.15, 0.2) is 0 Å². The van der Waals surface area contributed by atoms with E-state index in [0.717, 1.165) is 18.8 Å². The van der Waals surface area contributed by atoms with Gasteiger partial charge < -0.3 is 10.1 Å². The van der Waals surface area contributed by atoms with Crippen molar-refractivity contribution >= 4 is 21.6 Å². The fourth-order valence-electron chi connectivity index (χ4n) is 1.02. The number of halogens is 2. The number of hydrogen-bond acceptors (Lipinski definition) is 2. The summed E-state index contributed by atoms with van der Waals surface area (Å²) in [6, 6.07) is 4.83. The van der Waals surface area contributed by atoms with Gasteiger partial charge in [0.2, 0.25) is 0 Å². The first-order valence-electron chi connectivity index (χ1n) is 4.50. The van der Waals surface area contributed by atoms with Crippen LogP contribution in [0.15, 0.2) is 22.7 Å². The quantitative estimate of drug-likeness (QED) is 0.823. The van der Waals surface area contributed by atoms with E-state index in [9.17, 15) is 4.39 Å². The lowest BCUT2D eigenvalue weighted by atomic mass is 10.3. The number of hydrogen-bond donors (Lipinski definition) is 1. The molecular formula is C10H13BrFNO. The van der Waals surface area contributed by atoms with Crippen molar-refractivity contribution in [2.24, 2.45) is 0 Å². The molecule has 1 rings (SSSR count). The second-order valence-electron chi connectivity index (χ2n) is 2.75. The zero-order valence-corrected chi connectivity index (χ0v) is 9.60. The van der Waals surface area contributed by atoms with Crippen LogP contribution in [0.25, 0.3) is 0 Å². The van der Waals surface area contributed by atoms with Gasteiger partial charge in [-0.15, -0.1) is 0 Å². The van der Waals surface area contributed by atoms with Crippen LogP contribution in [-0.4, -0.2) is 19.8 Å². The first-order valence-corrected chi connectivity index (χ1v) is 5.30. The molecule has 0 bridgehead atoms. The largest absolute Gasteiger partial charge is 0.383 e. The Bertz CT molecular complexity index is 293. The molecular weight excluding hydrogens is 249 g/mol. The lowest BCUT2D eigenvalue weighted by Gasteiger charge is -2.06. The van der Waals surface area contributed by atoms with E-state index in [2.05, 4.69) is 21.2 Å². The smallest absolute Gasteiger partial charge is 0.137 e. The molecule has 0 heterocycles. The molecule has 0 saturated carbocycles. The zero-order chi connectivity index (χ0) is 10.4. The first kappa shape index (κ1) is 11.5. The highest BCUT2D eigenvalue weighted by atomic mass is 79.9. The van der Waals surface area contributed by atoms with Crippen molar-refractivity contribution in [1.29, 1.82) is 0 Å². The van der Waals surface area contributed by atoms with E-state index in [1.807, 2.05) is 6.92 Å². The summed E-state index contributed by atoms with van der Waals surface area (Å²) in [6.45, 7) is 4.06. The van der Waals surface area contributed by atoms with Crippen LogP contribution >= 0.6 is 15.9 Å². The SMILES string of the molecule is CCOCCNc1ccc(F)c(Br)c1. The maximum Gasteiger partial charge on any atom is 0.137 e. The van der Waals surface area contributed by atoms with E-state index in [1.54, 1.807) is 12.1 Å². The highest BCUT2D eigenvalue weighted by molar-refractivity contribution is 9.10. The van der Waals surface area contributed by atoms with Crippen LogP contribution in [0.4, 0.5) is 10.1 Å². The summed E-state index contributed by atoms with van der Waals surface area (Å²) in [6.07, 6.45) is 0. The molecule has 0 radical (unpaired) electrons. The lowest BCUT2D eigenvalue weighted by molar-refractivity contribution is 0.158. The molecule has 14 heavy (non-hydrogen) atoms. The monoisotopic (exact) mass is 261 g/mol. The van der Waals surface area contributed by atoms with Crippen molar-refractivity contribution in [2.75, 3.05) is 25.1 Å². The van der Waals surface area contributed by atoms with E-state index >= 15 is 0 Å². The standard InChI is InChI=1S/C10H13BrFNO/c1-2-14-6-5-13-8-3-4-10(12)9(11)7-8/h3-4,7,13H,2,5-6H2,1H3. The second kappa shape index (κ2) is 5.98. The van der Waals surface area contributed by atoms with E-state index in [1.165, 1.54) is 6.07 Å². The van der Waals surface area contributed by atoms with Crippen LogP contribution in [0.3, 0.4) is 0 Å². The molecule has 0 atom stereocenters. The molecule has 0 unspecified atom stereocenters. The Balaban J connectivity index is 2.39. The molecule has 2 nitrogen and oxygen atoms in total. The minimum absolute atomic E-state index is 0.250. The Morgan fingerprint density at radius 3 is 2.93 bits per heavy atom. The van der Waals surface area contributed by atoms with E-state index in [0.29, 0.717) is 11.1 Å². The number of ether oxygens (including phenoxy) is 1. The van der Waals surface area contributed by atoms with Crippen molar-refractivity contribution in [2.45, 2.75) is 6.92 Å². The van der Waals surface area contributed by atoms with Gasteiger partial charge in [-0.1, -0.05) is 0 Å². The van der Waals surface area contributed by atoms with Gasteiger partial charge in [-0.05, 0) is 41.1 Å². The third-order valence-corrected chi connectivity index (χ3v) is 2.31. The predicted molar refractivity (Wildman–Crippen MR) is 59.1 cm³/mol. The average Bonchev–Trinajstić information content (AvgIpc) is 2.18. The van der Waals surface area contributed by atoms with Crippen molar-refractivity contribution in [3.63, 3.8) is 0 Å². The molecule has 0 saturated heterocycles. The summed E-state index contributed by atoms with van der Waals surface area (Å²) in [4.78, 5) is 0. The van der Waals surface area contributed by atoms with Crippen molar-refractivity contribution in [3.8, 4) is 0 Å². The summed E-state index contributed by atoms with van der Waals surface area (Å²) in [5.41, 5.74) is 0.887. The van der Waals surface area contributed by atoms with Crippen LogP contribution in [-0.2, 0) is 4.74 Å². The molecule has 0 aliphatic rings. The van der Waals surface area contributed by atoms with Gasteiger partial charge in [-0.3, -0.25) is 0 Å². The summed E-state index contributed by atoms with van der Waals surface area (Å²) in [7, 11) is 0. The zero-order valence-electron chi connectivity index (χ0n) is 8.02. The Morgan fingerprint density at radius 1 is 1.50 bits per heavy atom. The Hall–Kier alpha value is -0.610. The molecule has 4 heteroatoms. The third-order valence-electron chi connectivity index (χ3n) is 1.70. The molecule has 78 valence electrons. The fraction of sp³-hybridized carbons (Fsp3) is 0.400. The third kappa shape index (κ3) is 3.64.